The topological polar surface area (TPSA) is 27.5 Å². The number of hydrogen-bond donors (Lipinski definition) is 0. The van der Waals surface area contributed by atoms with Crippen LogP contribution in [0.5, 0.6) is 0 Å². The van der Waals surface area contributed by atoms with E-state index in [1.54, 1.807) is 0 Å². The van der Waals surface area contributed by atoms with Crippen molar-refractivity contribution >= 4 is 61.6 Å². The normalized spacial score (nSPS) is 12.8. The quantitative estimate of drug-likeness (QED) is 0.135. The van der Waals surface area contributed by atoms with Gasteiger partial charge in [0.2, 0.25) is 0 Å². The molecule has 1 aliphatic heterocycles. The maximum absolute atomic E-state index is 5.11. The first-order chi connectivity index (χ1) is 33.7. The van der Waals surface area contributed by atoms with Gasteiger partial charge in [0.25, 0.3) is 0 Å². The van der Waals surface area contributed by atoms with Gasteiger partial charge in [-0.3, -0.25) is 0 Å². The van der Waals surface area contributed by atoms with E-state index in [0.717, 1.165) is 73.0 Å². The van der Waals surface area contributed by atoms with E-state index in [2.05, 4.69) is 288 Å². The number of fused-ring (bicyclic) bond motifs is 4. The van der Waals surface area contributed by atoms with Crippen LogP contribution in [0.3, 0.4) is 0 Å². The average molecular weight is 1100 g/mol. The number of anilines is 7. The first-order valence-corrected chi connectivity index (χ1v) is 24.4. The van der Waals surface area contributed by atoms with Crippen molar-refractivity contribution in [3.63, 3.8) is 0 Å². The molecule has 0 spiro atoms. The van der Waals surface area contributed by atoms with E-state index in [1.165, 1.54) is 27.8 Å². The van der Waals surface area contributed by atoms with Crippen molar-refractivity contribution < 1.29 is 21.1 Å². The number of aromatic nitrogens is 2. The molecule has 3 heterocycles. The Balaban J connectivity index is 0.00000582. The maximum Gasteiger partial charge on any atom is 0.135 e. The van der Waals surface area contributed by atoms with Crippen molar-refractivity contribution in [2.24, 2.45) is 0 Å². The molecule has 0 radical (unpaired) electrons. The fourth-order valence-electron chi connectivity index (χ4n) is 9.89. The Morgan fingerprint density at radius 2 is 1.10 bits per heavy atom. The summed E-state index contributed by atoms with van der Waals surface area (Å²) in [4.78, 5) is 12.0. The standard InChI is InChI=1S/C65H58N5.Pt/c1-63(2,3)49-38-50(64(4,5)6)40-55(39-49)68-44-67(59-29-18-19-30-60(59)68)52-27-20-28-53(42-52)69(51-25-16-11-17-26-51)54-32-33-56-57-37-46(45-21-12-9-13-22-45)31-34-58(57)70(61(56)43-54)62-41-48(35-36-66-62)65(7,8)47-23-14-10-15-24-47;/h9-41,44H,1-8H3;/q-3;. The minimum atomic E-state index is -0.256. The summed E-state index contributed by atoms with van der Waals surface area (Å²) in [5.74, 6) is 0.845. The molecule has 0 saturated carbocycles. The van der Waals surface area contributed by atoms with Gasteiger partial charge in [-0.2, -0.15) is 12.1 Å². The van der Waals surface area contributed by atoms with E-state index in [4.69, 9.17) is 4.98 Å². The molecule has 356 valence electrons. The van der Waals surface area contributed by atoms with Crippen LogP contribution in [0.2, 0.25) is 0 Å². The van der Waals surface area contributed by atoms with E-state index in [-0.39, 0.29) is 37.3 Å². The predicted octanol–water partition coefficient (Wildman–Crippen LogP) is 17.2. The Hall–Kier alpha value is -7.20. The van der Waals surface area contributed by atoms with Crippen molar-refractivity contribution in [3.8, 4) is 16.9 Å². The third-order valence-electron chi connectivity index (χ3n) is 14.0. The third-order valence-corrected chi connectivity index (χ3v) is 14.0. The second kappa shape index (κ2) is 18.5. The van der Waals surface area contributed by atoms with E-state index >= 15 is 0 Å². The second-order valence-electron chi connectivity index (χ2n) is 21.1. The van der Waals surface area contributed by atoms with Gasteiger partial charge in [-0.25, -0.2) is 4.98 Å². The molecule has 8 aromatic carbocycles. The van der Waals surface area contributed by atoms with E-state index in [9.17, 15) is 0 Å². The van der Waals surface area contributed by atoms with Crippen molar-refractivity contribution in [1.29, 1.82) is 0 Å². The van der Waals surface area contributed by atoms with Crippen LogP contribution in [0.4, 0.5) is 39.8 Å². The summed E-state index contributed by atoms with van der Waals surface area (Å²) >= 11 is 0. The van der Waals surface area contributed by atoms with E-state index in [0.29, 0.717) is 0 Å². The molecule has 0 saturated heterocycles. The summed E-state index contributed by atoms with van der Waals surface area (Å²) in [5.41, 5.74) is 16.2. The second-order valence-corrected chi connectivity index (χ2v) is 21.1. The number of nitrogens with zero attached hydrogens (tertiary/aromatic N) is 5. The summed E-state index contributed by atoms with van der Waals surface area (Å²) in [6.45, 7) is 20.6. The van der Waals surface area contributed by atoms with Gasteiger partial charge in [0.1, 0.15) is 5.82 Å². The first-order valence-electron chi connectivity index (χ1n) is 24.4. The average Bonchev–Trinajstić information content (AvgIpc) is 3.93. The molecule has 0 unspecified atom stereocenters. The Morgan fingerprint density at radius 3 is 1.77 bits per heavy atom. The Bertz CT molecular complexity index is 3500. The number of pyridine rings is 1. The zero-order valence-corrected chi connectivity index (χ0v) is 44.0. The molecule has 0 bridgehead atoms. The van der Waals surface area contributed by atoms with Crippen LogP contribution in [0.15, 0.2) is 200 Å². The molecule has 0 N–H and O–H groups in total. The number of hydrogen-bond acceptors (Lipinski definition) is 4. The monoisotopic (exact) mass is 1100 g/mol. The molecule has 10 aromatic rings. The molecular formula is C65H58N5Pt-3. The van der Waals surface area contributed by atoms with Gasteiger partial charge in [0.15, 0.2) is 0 Å². The first kappa shape index (κ1) is 47.5. The van der Waals surface area contributed by atoms with Crippen LogP contribution < -0.4 is 14.7 Å². The molecular weight excluding hydrogens is 1050 g/mol. The summed E-state index contributed by atoms with van der Waals surface area (Å²) in [7, 11) is 0. The fourth-order valence-corrected chi connectivity index (χ4v) is 9.89. The Kier molecular flexibility index (Phi) is 12.4. The zero-order chi connectivity index (χ0) is 48.4. The molecule has 2 aromatic heterocycles. The number of rotatable bonds is 9. The number of para-hydroxylation sites is 3. The number of benzene rings is 8. The van der Waals surface area contributed by atoms with Crippen LogP contribution in [-0.4, -0.2) is 9.55 Å². The molecule has 5 nitrogen and oxygen atoms in total. The molecule has 0 fully saturated rings. The zero-order valence-electron chi connectivity index (χ0n) is 41.7. The SMILES string of the molecule is CC(C)(C)c1cc(N2[CH-]N(c3[c-]c(N(c4[c-]c5c(cc4)c4cc(-c6ccccc6)ccc4n5-c4cc(C(C)(C)c5ccccc5)ccn4)c4ccccc4)ccc3)c3ccccc32)cc(C(C)(C)C)c1.[Pt]. The van der Waals surface area contributed by atoms with Gasteiger partial charge < -0.3 is 19.3 Å². The predicted molar refractivity (Wildman–Crippen MR) is 294 cm³/mol. The van der Waals surface area contributed by atoms with Crippen molar-refractivity contribution in [1.82, 2.24) is 9.55 Å². The maximum atomic E-state index is 5.11. The van der Waals surface area contributed by atoms with Gasteiger partial charge >= 0.3 is 0 Å². The fraction of sp³-hybridized carbons (Fsp3) is 0.169. The van der Waals surface area contributed by atoms with Gasteiger partial charge in [0, 0.05) is 60.9 Å². The summed E-state index contributed by atoms with van der Waals surface area (Å²) < 4.78 is 2.29. The van der Waals surface area contributed by atoms with Gasteiger partial charge in [-0.1, -0.05) is 181 Å². The van der Waals surface area contributed by atoms with Gasteiger partial charge in [0.05, 0.1) is 0 Å². The largest absolute Gasteiger partial charge is 0.493 e. The molecule has 1 aliphatic rings. The van der Waals surface area contributed by atoms with Crippen LogP contribution >= 0.6 is 0 Å². The smallest absolute Gasteiger partial charge is 0.135 e. The molecule has 0 amide bonds. The summed E-state index contributed by atoms with van der Waals surface area (Å²) in [6.07, 6.45) is 1.95. The molecule has 11 rings (SSSR count). The molecule has 0 aliphatic carbocycles. The van der Waals surface area contributed by atoms with Crippen LogP contribution in [-0.2, 0) is 37.3 Å². The molecule has 0 atom stereocenters. The van der Waals surface area contributed by atoms with Crippen LogP contribution in [0.1, 0.15) is 77.6 Å². The van der Waals surface area contributed by atoms with Gasteiger partial charge in [-0.15, -0.1) is 48.1 Å². The van der Waals surface area contributed by atoms with Gasteiger partial charge in [-0.05, 0) is 104 Å². The Morgan fingerprint density at radius 1 is 0.479 bits per heavy atom. The molecule has 71 heavy (non-hydrogen) atoms. The van der Waals surface area contributed by atoms with Crippen LogP contribution in [0, 0.1) is 18.8 Å². The Labute approximate surface area is 434 Å². The summed E-state index contributed by atoms with van der Waals surface area (Å²) in [6, 6.07) is 77.6. The third kappa shape index (κ3) is 8.87. The summed E-state index contributed by atoms with van der Waals surface area (Å²) in [5, 5.41) is 2.24. The minimum Gasteiger partial charge on any atom is -0.493 e. The van der Waals surface area contributed by atoms with Crippen molar-refractivity contribution in [2.45, 2.75) is 71.6 Å². The van der Waals surface area contributed by atoms with E-state index < -0.39 is 0 Å². The van der Waals surface area contributed by atoms with Crippen molar-refractivity contribution in [2.75, 3.05) is 14.7 Å². The van der Waals surface area contributed by atoms with E-state index in [1.807, 2.05) is 6.20 Å². The van der Waals surface area contributed by atoms with Crippen molar-refractivity contribution in [3.05, 3.63) is 241 Å². The molecule has 6 heteroatoms. The van der Waals surface area contributed by atoms with Crippen LogP contribution in [0.25, 0.3) is 38.8 Å². The minimum absolute atomic E-state index is 0.